The molecule has 30 heavy (non-hydrogen) atoms. The number of fused-ring (bicyclic) bond motifs is 5. The van der Waals surface area contributed by atoms with E-state index in [4.69, 9.17) is 0 Å². The summed E-state index contributed by atoms with van der Waals surface area (Å²) in [6, 6.07) is 0. The highest BCUT2D eigenvalue weighted by Gasteiger charge is 2.67. The molecule has 4 aliphatic rings. The smallest absolute Gasteiger partial charge is 0.165 e. The van der Waals surface area contributed by atoms with Crippen LogP contribution in [0.4, 0.5) is 0 Å². The summed E-state index contributed by atoms with van der Waals surface area (Å²) in [5, 5.41) is 21.7. The van der Waals surface area contributed by atoms with Crippen LogP contribution in [0.3, 0.4) is 0 Å². The number of ketones is 1. The van der Waals surface area contributed by atoms with Crippen LogP contribution in [0.5, 0.6) is 0 Å². The first-order chi connectivity index (χ1) is 14.0. The van der Waals surface area contributed by atoms with Crippen LogP contribution < -0.4 is 0 Å². The minimum atomic E-state index is -1.30. The van der Waals surface area contributed by atoms with E-state index >= 15 is 0 Å². The van der Waals surface area contributed by atoms with E-state index in [1.54, 1.807) is 0 Å². The fourth-order valence-corrected chi connectivity index (χ4v) is 9.04. The molecular weight excluding hydrogens is 372 g/mol. The van der Waals surface area contributed by atoms with Gasteiger partial charge in [-0.1, -0.05) is 53.9 Å². The normalized spacial score (nSPS) is 49.5. The molecule has 3 heteroatoms. The van der Waals surface area contributed by atoms with E-state index in [-0.39, 0.29) is 17.6 Å². The van der Waals surface area contributed by atoms with Crippen molar-refractivity contribution in [3.05, 3.63) is 0 Å². The maximum atomic E-state index is 13.3. The van der Waals surface area contributed by atoms with E-state index in [0.717, 1.165) is 37.0 Å². The zero-order valence-corrected chi connectivity index (χ0v) is 20.1. The molecule has 0 radical (unpaired) electrons. The summed E-state index contributed by atoms with van der Waals surface area (Å²) in [6.07, 6.45) is 10.8. The van der Waals surface area contributed by atoms with Gasteiger partial charge in [-0.2, -0.15) is 0 Å². The first-order valence-electron chi connectivity index (χ1n) is 13.0. The van der Waals surface area contributed by atoms with Crippen LogP contribution in [0.25, 0.3) is 0 Å². The van der Waals surface area contributed by atoms with Gasteiger partial charge in [0.2, 0.25) is 0 Å². The predicted molar refractivity (Wildman–Crippen MR) is 121 cm³/mol. The van der Waals surface area contributed by atoms with Crippen molar-refractivity contribution in [2.45, 2.75) is 117 Å². The topological polar surface area (TPSA) is 57.5 Å². The molecule has 0 spiro atoms. The van der Waals surface area contributed by atoms with Crippen molar-refractivity contribution in [3.63, 3.8) is 0 Å². The Balaban J connectivity index is 1.54. The van der Waals surface area contributed by atoms with Gasteiger partial charge in [0.15, 0.2) is 5.78 Å². The number of hydrogen-bond donors (Lipinski definition) is 2. The Morgan fingerprint density at radius 1 is 1.00 bits per heavy atom. The molecule has 4 rings (SSSR count). The summed E-state index contributed by atoms with van der Waals surface area (Å²) >= 11 is 0. The molecular formula is C27H46O3. The van der Waals surface area contributed by atoms with Crippen molar-refractivity contribution in [1.82, 2.24) is 0 Å². The van der Waals surface area contributed by atoms with Crippen molar-refractivity contribution in [2.24, 2.45) is 46.3 Å². The number of aliphatic hydroxyl groups excluding tert-OH is 1. The van der Waals surface area contributed by atoms with Gasteiger partial charge in [-0.05, 0) is 79.4 Å². The molecule has 172 valence electrons. The second-order valence-corrected chi connectivity index (χ2v) is 12.7. The number of carbonyl (C=O) groups excluding carboxylic acids is 1. The summed E-state index contributed by atoms with van der Waals surface area (Å²) < 4.78 is 0. The van der Waals surface area contributed by atoms with Crippen molar-refractivity contribution in [2.75, 3.05) is 0 Å². The largest absolute Gasteiger partial charge is 0.393 e. The van der Waals surface area contributed by atoms with Crippen molar-refractivity contribution < 1.29 is 15.0 Å². The summed E-state index contributed by atoms with van der Waals surface area (Å²) in [6.45, 7) is 11.9. The van der Waals surface area contributed by atoms with E-state index < -0.39 is 11.7 Å². The van der Waals surface area contributed by atoms with Gasteiger partial charge in [-0.3, -0.25) is 4.79 Å². The third kappa shape index (κ3) is 3.33. The number of aliphatic hydroxyl groups is 2. The summed E-state index contributed by atoms with van der Waals surface area (Å²) in [7, 11) is 0. The molecule has 0 saturated heterocycles. The molecule has 0 bridgehead atoms. The van der Waals surface area contributed by atoms with E-state index in [1.807, 2.05) is 0 Å². The van der Waals surface area contributed by atoms with Gasteiger partial charge in [-0.25, -0.2) is 0 Å². The molecule has 4 aliphatic carbocycles. The second kappa shape index (κ2) is 7.87. The van der Waals surface area contributed by atoms with Crippen LogP contribution in [0.15, 0.2) is 0 Å². The van der Waals surface area contributed by atoms with Crippen LogP contribution in [0.1, 0.15) is 105 Å². The zero-order chi connectivity index (χ0) is 21.9. The van der Waals surface area contributed by atoms with Crippen LogP contribution in [0, 0.1) is 46.3 Å². The molecule has 3 nitrogen and oxygen atoms in total. The molecule has 4 fully saturated rings. The monoisotopic (exact) mass is 418 g/mol. The van der Waals surface area contributed by atoms with E-state index in [1.165, 1.54) is 38.5 Å². The molecule has 0 heterocycles. The Bertz CT molecular complexity index is 658. The standard InChI is InChI=1S/C27H46O3/c1-17(2)7-6-8-18(3)21-9-10-22-20-15-24(29)27(30)16-19(28)11-14-26(27,5)23(20)12-13-25(21,22)4/h17-23,28,30H,6-16H2,1-5H3/t18-,19+,20+,21-,22+,23+,25-,26-,27?/m1/s1. The molecule has 0 aromatic heterocycles. The maximum absolute atomic E-state index is 13.3. The Labute approximate surface area is 184 Å². The highest BCUT2D eigenvalue weighted by atomic mass is 16.3. The van der Waals surface area contributed by atoms with Gasteiger partial charge in [0, 0.05) is 18.3 Å². The molecule has 1 unspecified atom stereocenters. The Morgan fingerprint density at radius 2 is 1.73 bits per heavy atom. The van der Waals surface area contributed by atoms with Gasteiger partial charge in [0.25, 0.3) is 0 Å². The minimum Gasteiger partial charge on any atom is -0.393 e. The molecule has 0 aliphatic heterocycles. The molecule has 2 N–H and O–H groups in total. The van der Waals surface area contributed by atoms with Crippen molar-refractivity contribution >= 4 is 5.78 Å². The van der Waals surface area contributed by atoms with Crippen LogP contribution in [0.2, 0.25) is 0 Å². The quantitative estimate of drug-likeness (QED) is 0.596. The van der Waals surface area contributed by atoms with Gasteiger partial charge in [0.05, 0.1) is 6.10 Å². The Kier molecular flexibility index (Phi) is 5.97. The lowest BCUT2D eigenvalue weighted by atomic mass is 9.42. The van der Waals surface area contributed by atoms with Gasteiger partial charge < -0.3 is 10.2 Å². The second-order valence-electron chi connectivity index (χ2n) is 12.7. The van der Waals surface area contributed by atoms with Gasteiger partial charge >= 0.3 is 0 Å². The fraction of sp³-hybridized carbons (Fsp3) is 0.963. The summed E-state index contributed by atoms with van der Waals surface area (Å²) in [5.41, 5.74) is -1.30. The minimum absolute atomic E-state index is 0.0303. The zero-order valence-electron chi connectivity index (χ0n) is 20.1. The van der Waals surface area contributed by atoms with Gasteiger partial charge in [-0.15, -0.1) is 0 Å². The maximum Gasteiger partial charge on any atom is 0.165 e. The van der Waals surface area contributed by atoms with E-state index in [9.17, 15) is 15.0 Å². The van der Waals surface area contributed by atoms with Gasteiger partial charge in [0.1, 0.15) is 5.60 Å². The Morgan fingerprint density at radius 3 is 2.43 bits per heavy atom. The summed E-state index contributed by atoms with van der Waals surface area (Å²) in [5.74, 6) is 3.87. The van der Waals surface area contributed by atoms with Crippen LogP contribution in [-0.4, -0.2) is 27.7 Å². The predicted octanol–water partition coefficient (Wildman–Crippen LogP) is 5.76. The van der Waals surface area contributed by atoms with Crippen molar-refractivity contribution in [3.8, 4) is 0 Å². The molecule has 0 amide bonds. The number of rotatable bonds is 5. The lowest BCUT2D eigenvalue weighted by Crippen LogP contribution is -2.67. The van der Waals surface area contributed by atoms with E-state index in [0.29, 0.717) is 29.6 Å². The lowest BCUT2D eigenvalue weighted by Gasteiger charge is -2.63. The fourth-order valence-electron chi connectivity index (χ4n) is 9.04. The molecule has 9 atom stereocenters. The lowest BCUT2D eigenvalue weighted by molar-refractivity contribution is -0.213. The molecule has 4 saturated carbocycles. The first kappa shape index (κ1) is 22.8. The third-order valence-electron chi connectivity index (χ3n) is 10.8. The third-order valence-corrected chi connectivity index (χ3v) is 10.8. The van der Waals surface area contributed by atoms with Crippen LogP contribution in [-0.2, 0) is 4.79 Å². The van der Waals surface area contributed by atoms with Crippen LogP contribution >= 0.6 is 0 Å². The average Bonchev–Trinajstić information content (AvgIpc) is 3.01. The SMILES string of the molecule is CC(C)CCC[C@@H](C)[C@H]1CC[C@H]2[C@@H]3CC(=O)C4(O)C[C@@H](O)CC[C@]4(C)[C@H]3CC[C@]12C. The summed E-state index contributed by atoms with van der Waals surface area (Å²) in [4.78, 5) is 13.3. The highest BCUT2D eigenvalue weighted by molar-refractivity contribution is 5.89. The number of carbonyl (C=O) groups is 1. The molecule has 0 aromatic carbocycles. The first-order valence-corrected chi connectivity index (χ1v) is 13.0. The number of Topliss-reactive ketones (excluding diaryl/α,β-unsaturated/α-hetero) is 1. The Hall–Kier alpha value is -0.410. The average molecular weight is 419 g/mol. The van der Waals surface area contributed by atoms with E-state index in [2.05, 4.69) is 34.6 Å². The van der Waals surface area contributed by atoms with Crippen molar-refractivity contribution in [1.29, 1.82) is 0 Å². The molecule has 0 aromatic rings. The highest BCUT2D eigenvalue weighted by Crippen LogP contribution is 2.68. The number of hydrogen-bond acceptors (Lipinski definition) is 3.